The Hall–Kier alpha value is -3.86. The summed E-state index contributed by atoms with van der Waals surface area (Å²) in [4.78, 5) is 23.3. The van der Waals surface area contributed by atoms with Gasteiger partial charge in [0, 0.05) is 11.1 Å². The Kier molecular flexibility index (Phi) is 4.41. The molecule has 0 spiro atoms. The molecule has 0 atom stereocenters. The van der Waals surface area contributed by atoms with E-state index < -0.39 is 11.9 Å². The smallest absolute Gasteiger partial charge is 0.343 e. The molecule has 1 aliphatic rings. The molecule has 0 amide bonds. The van der Waals surface area contributed by atoms with E-state index in [0.29, 0.717) is 28.4 Å². The Morgan fingerprint density at radius 2 is 1.79 bits per heavy atom. The molecule has 0 radical (unpaired) electrons. The predicted molar refractivity (Wildman–Crippen MR) is 104 cm³/mol. The maximum Gasteiger partial charge on any atom is 0.343 e. The molecule has 0 aliphatic carbocycles. The summed E-state index contributed by atoms with van der Waals surface area (Å²) in [5.41, 5.74) is 3.16. The molecule has 2 aromatic carbocycles. The molecular formula is C23H16O5. The van der Waals surface area contributed by atoms with Gasteiger partial charge in [-0.25, -0.2) is 9.59 Å². The maximum atomic E-state index is 12.2. The monoisotopic (exact) mass is 372 g/mol. The van der Waals surface area contributed by atoms with Crippen molar-refractivity contribution in [2.24, 2.45) is 0 Å². The molecule has 5 heteroatoms. The minimum absolute atomic E-state index is 0.179. The van der Waals surface area contributed by atoms with Gasteiger partial charge in [-0.2, -0.15) is 0 Å². The van der Waals surface area contributed by atoms with Crippen LogP contribution in [0.3, 0.4) is 0 Å². The topological polar surface area (TPSA) is 76.7 Å². The van der Waals surface area contributed by atoms with Crippen LogP contribution in [0.1, 0.15) is 27.2 Å². The van der Waals surface area contributed by atoms with Crippen molar-refractivity contribution >= 4 is 23.8 Å². The van der Waals surface area contributed by atoms with Crippen molar-refractivity contribution in [3.05, 3.63) is 94.8 Å². The minimum atomic E-state index is -1.00. The molecule has 2 heterocycles. The number of carboxylic acid groups (broad SMARTS) is 1. The second-order valence-electron chi connectivity index (χ2n) is 6.45. The van der Waals surface area contributed by atoms with Crippen molar-refractivity contribution in [3.63, 3.8) is 0 Å². The quantitative estimate of drug-likeness (QED) is 0.519. The van der Waals surface area contributed by atoms with Gasteiger partial charge in [0.05, 0.1) is 11.1 Å². The molecule has 0 fully saturated rings. The van der Waals surface area contributed by atoms with E-state index in [1.807, 2.05) is 31.2 Å². The first kappa shape index (κ1) is 17.5. The number of aryl methyl sites for hydroxylation is 1. The highest BCUT2D eigenvalue weighted by molar-refractivity contribution is 6.04. The molecule has 0 saturated heterocycles. The number of aromatic carboxylic acids is 1. The van der Waals surface area contributed by atoms with Gasteiger partial charge in [-0.1, -0.05) is 42.0 Å². The Morgan fingerprint density at radius 3 is 2.54 bits per heavy atom. The van der Waals surface area contributed by atoms with Gasteiger partial charge in [0.25, 0.3) is 0 Å². The molecule has 0 saturated carbocycles. The second-order valence-corrected chi connectivity index (χ2v) is 6.45. The average molecular weight is 372 g/mol. The first-order valence-electron chi connectivity index (χ1n) is 8.66. The van der Waals surface area contributed by atoms with Crippen LogP contribution in [0.4, 0.5) is 0 Å². The summed E-state index contributed by atoms with van der Waals surface area (Å²) < 4.78 is 11.1. The van der Waals surface area contributed by atoms with E-state index in [1.165, 1.54) is 12.1 Å². The van der Waals surface area contributed by atoms with E-state index in [-0.39, 0.29) is 5.56 Å². The molecule has 1 aliphatic heterocycles. The van der Waals surface area contributed by atoms with Crippen LogP contribution in [-0.2, 0) is 9.53 Å². The van der Waals surface area contributed by atoms with Crippen molar-refractivity contribution in [1.29, 1.82) is 0 Å². The van der Waals surface area contributed by atoms with Gasteiger partial charge in [0.1, 0.15) is 17.3 Å². The van der Waals surface area contributed by atoms with Crippen LogP contribution < -0.4 is 0 Å². The standard InChI is InChI=1S/C23H16O5/c1-14-5-7-15(8-6-14)21-13-18(23(26)28-21)12-19-9-10-20(27-19)16-3-2-4-17(11-16)22(24)25/h2-13H,1H3,(H,24,25). The van der Waals surface area contributed by atoms with Crippen molar-refractivity contribution in [1.82, 2.24) is 0 Å². The first-order chi connectivity index (χ1) is 13.5. The van der Waals surface area contributed by atoms with Gasteiger partial charge in [0.15, 0.2) is 0 Å². The number of esters is 1. The molecule has 0 bridgehead atoms. The zero-order chi connectivity index (χ0) is 19.7. The van der Waals surface area contributed by atoms with Crippen molar-refractivity contribution in [3.8, 4) is 11.3 Å². The van der Waals surface area contributed by atoms with Crippen LogP contribution in [0.5, 0.6) is 0 Å². The van der Waals surface area contributed by atoms with E-state index in [9.17, 15) is 9.59 Å². The fraction of sp³-hybridized carbons (Fsp3) is 0.0435. The fourth-order valence-electron chi connectivity index (χ4n) is 2.89. The minimum Gasteiger partial charge on any atom is -0.478 e. The lowest BCUT2D eigenvalue weighted by molar-refractivity contribution is -0.130. The van der Waals surface area contributed by atoms with Crippen LogP contribution >= 0.6 is 0 Å². The van der Waals surface area contributed by atoms with E-state index in [4.69, 9.17) is 14.3 Å². The van der Waals surface area contributed by atoms with Crippen molar-refractivity contribution in [2.45, 2.75) is 6.92 Å². The molecule has 28 heavy (non-hydrogen) atoms. The Morgan fingerprint density at radius 1 is 1.00 bits per heavy atom. The second kappa shape index (κ2) is 7.04. The molecule has 1 N–H and O–H groups in total. The molecule has 3 aromatic rings. The third-order valence-corrected chi connectivity index (χ3v) is 4.38. The summed E-state index contributed by atoms with van der Waals surface area (Å²) in [6.07, 6.45) is 3.29. The predicted octanol–water partition coefficient (Wildman–Crippen LogP) is 4.93. The largest absolute Gasteiger partial charge is 0.478 e. The highest BCUT2D eigenvalue weighted by atomic mass is 16.5. The van der Waals surface area contributed by atoms with Crippen LogP contribution in [0.2, 0.25) is 0 Å². The Bertz CT molecular complexity index is 1130. The zero-order valence-electron chi connectivity index (χ0n) is 15.0. The number of ether oxygens (including phenoxy) is 1. The molecule has 138 valence electrons. The molecular weight excluding hydrogens is 356 g/mol. The number of carboxylic acids is 1. The third kappa shape index (κ3) is 3.50. The summed E-state index contributed by atoms with van der Waals surface area (Å²) in [6, 6.07) is 17.6. The van der Waals surface area contributed by atoms with E-state index in [2.05, 4.69) is 0 Å². The lowest BCUT2D eigenvalue weighted by Gasteiger charge is -2.01. The number of rotatable bonds is 4. The van der Waals surface area contributed by atoms with Crippen molar-refractivity contribution in [2.75, 3.05) is 0 Å². The molecule has 5 nitrogen and oxygen atoms in total. The van der Waals surface area contributed by atoms with Gasteiger partial charge in [0.2, 0.25) is 0 Å². The van der Waals surface area contributed by atoms with E-state index in [0.717, 1.165) is 11.1 Å². The Balaban J connectivity index is 1.61. The molecule has 0 unspecified atom stereocenters. The number of carbonyl (C=O) groups excluding carboxylic acids is 1. The summed E-state index contributed by atoms with van der Waals surface area (Å²) in [7, 11) is 0. The van der Waals surface area contributed by atoms with Gasteiger partial charge < -0.3 is 14.3 Å². The summed E-state index contributed by atoms with van der Waals surface area (Å²) in [5.74, 6) is 0.0462. The average Bonchev–Trinajstić information content (AvgIpc) is 3.30. The van der Waals surface area contributed by atoms with Gasteiger partial charge in [-0.05, 0) is 43.3 Å². The summed E-state index contributed by atoms with van der Waals surface area (Å²) in [5, 5.41) is 9.12. The number of carbonyl (C=O) groups is 2. The lowest BCUT2D eigenvalue weighted by Crippen LogP contribution is -1.97. The van der Waals surface area contributed by atoms with Gasteiger partial charge in [-0.3, -0.25) is 0 Å². The summed E-state index contributed by atoms with van der Waals surface area (Å²) >= 11 is 0. The van der Waals surface area contributed by atoms with E-state index in [1.54, 1.807) is 36.4 Å². The zero-order valence-corrected chi connectivity index (χ0v) is 15.0. The number of cyclic esters (lactones) is 1. The van der Waals surface area contributed by atoms with Crippen LogP contribution in [0.25, 0.3) is 23.2 Å². The number of furan rings is 1. The first-order valence-corrected chi connectivity index (χ1v) is 8.66. The number of benzene rings is 2. The Labute approximate surface area is 161 Å². The number of hydrogen-bond donors (Lipinski definition) is 1. The van der Waals surface area contributed by atoms with Gasteiger partial charge in [-0.15, -0.1) is 0 Å². The highest BCUT2D eigenvalue weighted by Gasteiger charge is 2.22. The molecule has 4 rings (SSSR count). The fourth-order valence-corrected chi connectivity index (χ4v) is 2.89. The summed E-state index contributed by atoms with van der Waals surface area (Å²) in [6.45, 7) is 1.99. The third-order valence-electron chi connectivity index (χ3n) is 4.38. The van der Waals surface area contributed by atoms with Crippen molar-refractivity contribution < 1.29 is 23.8 Å². The lowest BCUT2D eigenvalue weighted by atomic mass is 10.1. The SMILES string of the molecule is Cc1ccc(C2=CC(=Cc3ccc(-c4cccc(C(=O)O)c4)o3)C(=O)O2)cc1. The van der Waals surface area contributed by atoms with E-state index >= 15 is 0 Å². The van der Waals surface area contributed by atoms with Crippen LogP contribution in [-0.4, -0.2) is 17.0 Å². The highest BCUT2D eigenvalue weighted by Crippen LogP contribution is 2.29. The van der Waals surface area contributed by atoms with Crippen LogP contribution in [0, 0.1) is 6.92 Å². The number of hydrogen-bond acceptors (Lipinski definition) is 4. The molecule has 1 aromatic heterocycles. The maximum absolute atomic E-state index is 12.2. The van der Waals surface area contributed by atoms with Crippen LogP contribution in [0.15, 0.2) is 76.7 Å². The normalized spacial score (nSPS) is 14.8. The van der Waals surface area contributed by atoms with Gasteiger partial charge >= 0.3 is 11.9 Å².